The first-order chi connectivity index (χ1) is 5.00. The van der Waals surface area contributed by atoms with Gasteiger partial charge in [-0.05, 0) is 19.3 Å². The van der Waals surface area contributed by atoms with Crippen molar-refractivity contribution in [1.82, 2.24) is 0 Å². The minimum Gasteiger partial charge on any atom is -0.171 e. The van der Waals surface area contributed by atoms with Crippen LogP contribution in [0.5, 0.6) is 0 Å². The van der Waals surface area contributed by atoms with Crippen molar-refractivity contribution >= 4 is 22.6 Å². The lowest BCUT2D eigenvalue weighted by Crippen LogP contribution is -2.28. The Kier molecular flexibility index (Phi) is 3.05. The minimum absolute atomic E-state index is 0.230. The predicted octanol–water partition coefficient (Wildman–Crippen LogP) is 3.54. The van der Waals surface area contributed by atoms with Crippen molar-refractivity contribution in [1.29, 1.82) is 0 Å². The van der Waals surface area contributed by atoms with Crippen LogP contribution in [-0.4, -0.2) is 10.1 Å². The van der Waals surface area contributed by atoms with E-state index >= 15 is 0 Å². The maximum atomic E-state index is 12.1. The Labute approximate surface area is 77.7 Å². The van der Waals surface area contributed by atoms with Gasteiger partial charge in [-0.2, -0.15) is 13.2 Å². The zero-order chi connectivity index (χ0) is 8.48. The largest absolute Gasteiger partial charge is 0.391 e. The van der Waals surface area contributed by atoms with Gasteiger partial charge in [-0.15, -0.1) is 0 Å². The molecule has 1 rings (SSSR count). The van der Waals surface area contributed by atoms with Crippen LogP contribution >= 0.6 is 22.6 Å². The maximum Gasteiger partial charge on any atom is 0.391 e. The molecule has 0 saturated heterocycles. The smallest absolute Gasteiger partial charge is 0.171 e. The highest BCUT2D eigenvalue weighted by molar-refractivity contribution is 14.1. The second kappa shape index (κ2) is 3.49. The molecular weight excluding hydrogens is 268 g/mol. The van der Waals surface area contributed by atoms with E-state index in [1.165, 1.54) is 0 Å². The first-order valence-electron chi connectivity index (χ1n) is 3.71. The van der Waals surface area contributed by atoms with Gasteiger partial charge in [0, 0.05) is 3.92 Å². The van der Waals surface area contributed by atoms with E-state index in [4.69, 9.17) is 0 Å². The van der Waals surface area contributed by atoms with Crippen LogP contribution in [0.4, 0.5) is 13.2 Å². The summed E-state index contributed by atoms with van der Waals surface area (Å²) in [6.45, 7) is 0. The second-order valence-corrected chi connectivity index (χ2v) is 4.76. The standard InChI is InChI=1S/C7H10F3I/c8-7(9,10)5-2-1-3-6(11)4-5/h5-6H,1-4H2. The molecule has 0 bridgehead atoms. The van der Waals surface area contributed by atoms with Crippen molar-refractivity contribution in [3.8, 4) is 0 Å². The second-order valence-electron chi connectivity index (χ2n) is 3.00. The third-order valence-corrected chi connectivity index (χ3v) is 3.20. The van der Waals surface area contributed by atoms with Crippen LogP contribution in [0.25, 0.3) is 0 Å². The molecule has 11 heavy (non-hydrogen) atoms. The van der Waals surface area contributed by atoms with Crippen LogP contribution in [0.2, 0.25) is 0 Å². The minimum atomic E-state index is -3.95. The number of halogens is 4. The summed E-state index contributed by atoms with van der Waals surface area (Å²) in [5, 5.41) is 0. The van der Waals surface area contributed by atoms with E-state index in [1.54, 1.807) is 0 Å². The molecule has 1 saturated carbocycles. The molecule has 1 fully saturated rings. The summed E-state index contributed by atoms with van der Waals surface area (Å²) in [4.78, 5) is 0. The van der Waals surface area contributed by atoms with Crippen molar-refractivity contribution in [2.75, 3.05) is 0 Å². The highest BCUT2D eigenvalue weighted by Gasteiger charge is 2.41. The van der Waals surface area contributed by atoms with Crippen LogP contribution < -0.4 is 0 Å². The topological polar surface area (TPSA) is 0 Å². The number of rotatable bonds is 0. The molecule has 0 amide bonds. The van der Waals surface area contributed by atoms with E-state index in [-0.39, 0.29) is 3.92 Å². The van der Waals surface area contributed by atoms with Gasteiger partial charge < -0.3 is 0 Å². The summed E-state index contributed by atoms with van der Waals surface area (Å²) < 4.78 is 36.6. The van der Waals surface area contributed by atoms with Gasteiger partial charge in [0.05, 0.1) is 5.92 Å². The molecule has 0 heterocycles. The number of hydrogen-bond donors (Lipinski definition) is 0. The van der Waals surface area contributed by atoms with E-state index in [2.05, 4.69) is 22.6 Å². The van der Waals surface area contributed by atoms with Gasteiger partial charge in [0.25, 0.3) is 0 Å². The van der Waals surface area contributed by atoms with E-state index in [0.29, 0.717) is 12.8 Å². The summed E-state index contributed by atoms with van der Waals surface area (Å²) >= 11 is 2.11. The van der Waals surface area contributed by atoms with Gasteiger partial charge >= 0.3 is 6.18 Å². The van der Waals surface area contributed by atoms with Crippen LogP contribution in [0.1, 0.15) is 25.7 Å². The molecule has 0 aromatic carbocycles. The van der Waals surface area contributed by atoms with E-state index in [1.807, 2.05) is 0 Å². The van der Waals surface area contributed by atoms with E-state index in [9.17, 15) is 13.2 Å². The quantitative estimate of drug-likeness (QED) is 0.469. The van der Waals surface area contributed by atoms with Crippen LogP contribution in [0.15, 0.2) is 0 Å². The molecule has 1 aliphatic carbocycles. The summed E-state index contributed by atoms with van der Waals surface area (Å²) in [6, 6.07) is 0. The van der Waals surface area contributed by atoms with Crippen molar-refractivity contribution in [2.45, 2.75) is 35.8 Å². The lowest BCUT2D eigenvalue weighted by atomic mass is 9.89. The van der Waals surface area contributed by atoms with Crippen LogP contribution in [0.3, 0.4) is 0 Å². The van der Waals surface area contributed by atoms with Crippen molar-refractivity contribution in [3.05, 3.63) is 0 Å². The van der Waals surface area contributed by atoms with Gasteiger partial charge in [-0.1, -0.05) is 29.0 Å². The molecule has 66 valence electrons. The first-order valence-corrected chi connectivity index (χ1v) is 4.95. The Morgan fingerprint density at radius 1 is 1.18 bits per heavy atom. The average molecular weight is 278 g/mol. The molecule has 0 nitrogen and oxygen atoms in total. The van der Waals surface area contributed by atoms with Crippen LogP contribution in [0, 0.1) is 5.92 Å². The fourth-order valence-electron chi connectivity index (χ4n) is 1.43. The Hall–Kier alpha value is 0.520. The molecular formula is C7H10F3I. The Morgan fingerprint density at radius 2 is 1.82 bits per heavy atom. The average Bonchev–Trinajstić information content (AvgIpc) is 1.86. The molecule has 1 aliphatic rings. The van der Waals surface area contributed by atoms with Gasteiger partial charge in [0.1, 0.15) is 0 Å². The molecule has 0 aromatic heterocycles. The number of hydrogen-bond acceptors (Lipinski definition) is 0. The fraction of sp³-hybridized carbons (Fsp3) is 1.00. The monoisotopic (exact) mass is 278 g/mol. The summed E-state index contributed by atoms with van der Waals surface area (Å²) in [7, 11) is 0. The molecule has 0 spiro atoms. The van der Waals surface area contributed by atoms with Gasteiger partial charge in [-0.25, -0.2) is 0 Å². The highest BCUT2D eigenvalue weighted by Crippen LogP contribution is 2.39. The molecule has 2 atom stereocenters. The summed E-state index contributed by atoms with van der Waals surface area (Å²) in [6.07, 6.45) is -1.61. The van der Waals surface area contributed by atoms with Crippen LogP contribution in [-0.2, 0) is 0 Å². The Morgan fingerprint density at radius 3 is 2.18 bits per heavy atom. The van der Waals surface area contributed by atoms with Gasteiger partial charge in [0.2, 0.25) is 0 Å². The first kappa shape index (κ1) is 9.61. The molecule has 0 N–H and O–H groups in total. The van der Waals surface area contributed by atoms with Gasteiger partial charge in [-0.3, -0.25) is 0 Å². The molecule has 0 aliphatic heterocycles. The molecule has 0 aromatic rings. The number of alkyl halides is 4. The summed E-state index contributed by atoms with van der Waals surface area (Å²) in [5.74, 6) is -1.03. The fourth-order valence-corrected chi connectivity index (χ4v) is 2.48. The lowest BCUT2D eigenvalue weighted by Gasteiger charge is -2.27. The van der Waals surface area contributed by atoms with E-state index < -0.39 is 12.1 Å². The maximum absolute atomic E-state index is 12.1. The van der Waals surface area contributed by atoms with Crippen molar-refractivity contribution < 1.29 is 13.2 Å². The van der Waals surface area contributed by atoms with Gasteiger partial charge in [0.15, 0.2) is 0 Å². The van der Waals surface area contributed by atoms with E-state index in [0.717, 1.165) is 12.8 Å². The zero-order valence-corrected chi connectivity index (χ0v) is 8.15. The highest BCUT2D eigenvalue weighted by atomic mass is 127. The Bertz CT molecular complexity index is 132. The molecule has 4 heteroatoms. The molecule has 0 radical (unpaired) electrons. The predicted molar refractivity (Wildman–Crippen MR) is 45.8 cm³/mol. The third kappa shape index (κ3) is 2.80. The lowest BCUT2D eigenvalue weighted by molar-refractivity contribution is -0.180. The normalized spacial score (nSPS) is 33.8. The Balaban J connectivity index is 2.46. The molecule has 2 unspecified atom stereocenters. The third-order valence-electron chi connectivity index (χ3n) is 2.07. The summed E-state index contributed by atoms with van der Waals surface area (Å²) in [5.41, 5.74) is 0. The SMILES string of the molecule is FC(F)(F)C1CCCC(I)C1. The van der Waals surface area contributed by atoms with Crippen molar-refractivity contribution in [3.63, 3.8) is 0 Å². The van der Waals surface area contributed by atoms with Crippen molar-refractivity contribution in [2.24, 2.45) is 5.92 Å². The zero-order valence-electron chi connectivity index (χ0n) is 5.99.